The highest BCUT2D eigenvalue weighted by molar-refractivity contribution is 5.89. The first-order valence-electron chi connectivity index (χ1n) is 14.4. The van der Waals surface area contributed by atoms with Crippen LogP contribution >= 0.6 is 0 Å². The maximum Gasteiger partial charge on any atom is 0.231 e. The minimum absolute atomic E-state index is 0.161. The third-order valence-corrected chi connectivity index (χ3v) is 8.96. The van der Waals surface area contributed by atoms with E-state index in [-0.39, 0.29) is 37.2 Å². The second kappa shape index (κ2) is 10.8. The van der Waals surface area contributed by atoms with Crippen molar-refractivity contribution in [1.82, 2.24) is 19.6 Å². The van der Waals surface area contributed by atoms with Gasteiger partial charge in [-0.3, -0.25) is 19.4 Å². The fourth-order valence-electron chi connectivity index (χ4n) is 6.41. The van der Waals surface area contributed by atoms with E-state index in [4.69, 9.17) is 18.9 Å². The summed E-state index contributed by atoms with van der Waals surface area (Å²) < 4.78 is 21.8. The SMILES string of the molecule is O=C(C1CCC1C(=O)N1CCN(Cc2ccc3c(c2)OCO3)CC1)N1CCN(Cc2ccc3c(c2)OCO3)CC1. The van der Waals surface area contributed by atoms with Gasteiger partial charge in [0.2, 0.25) is 25.4 Å². The standard InChI is InChI=1S/C30H36N4O6/c35-29(33-11-7-31(8-12-33)17-21-1-5-25-27(15-21)39-19-37-25)23-3-4-24(23)30(36)34-13-9-32(10-14-34)18-22-2-6-26-28(16-22)40-20-38-26/h1-2,5-6,15-16,23-24H,3-4,7-14,17-20H2. The van der Waals surface area contributed by atoms with Crippen molar-refractivity contribution in [1.29, 1.82) is 0 Å². The molecule has 10 nitrogen and oxygen atoms in total. The van der Waals surface area contributed by atoms with Gasteiger partial charge in [0.25, 0.3) is 0 Å². The van der Waals surface area contributed by atoms with E-state index < -0.39 is 0 Å². The molecule has 1 aliphatic carbocycles. The predicted octanol–water partition coefficient (Wildman–Crippen LogP) is 2.16. The molecule has 2 atom stereocenters. The van der Waals surface area contributed by atoms with Crippen LogP contribution in [0.5, 0.6) is 23.0 Å². The van der Waals surface area contributed by atoms with E-state index in [1.54, 1.807) is 0 Å². The number of rotatable bonds is 6. The number of ether oxygens (including phenoxy) is 4. The highest BCUT2D eigenvalue weighted by Gasteiger charge is 2.45. The second-order valence-electron chi connectivity index (χ2n) is 11.4. The topological polar surface area (TPSA) is 84.0 Å². The van der Waals surface area contributed by atoms with Gasteiger partial charge in [-0.05, 0) is 48.2 Å². The number of benzene rings is 2. The summed E-state index contributed by atoms with van der Waals surface area (Å²) in [6, 6.07) is 12.2. The molecule has 4 heterocycles. The molecule has 1 saturated carbocycles. The lowest BCUT2D eigenvalue weighted by Crippen LogP contribution is -2.56. The molecule has 2 aromatic rings. The van der Waals surface area contributed by atoms with Crippen LogP contribution < -0.4 is 18.9 Å². The Morgan fingerprint density at radius 3 is 1.38 bits per heavy atom. The smallest absolute Gasteiger partial charge is 0.231 e. The Hall–Kier alpha value is -3.50. The van der Waals surface area contributed by atoms with Crippen LogP contribution in [0.3, 0.4) is 0 Å². The van der Waals surface area contributed by atoms with Crippen molar-refractivity contribution in [2.45, 2.75) is 25.9 Å². The van der Waals surface area contributed by atoms with Crippen LogP contribution in [0.2, 0.25) is 0 Å². The zero-order chi connectivity index (χ0) is 27.1. The molecule has 2 unspecified atom stereocenters. The van der Waals surface area contributed by atoms with Crippen molar-refractivity contribution >= 4 is 11.8 Å². The van der Waals surface area contributed by atoms with Crippen LogP contribution in [-0.2, 0) is 22.7 Å². The number of amides is 2. The monoisotopic (exact) mass is 548 g/mol. The number of piperazine rings is 2. The van der Waals surface area contributed by atoms with Crippen LogP contribution in [0, 0.1) is 11.8 Å². The third-order valence-electron chi connectivity index (χ3n) is 8.96. The average molecular weight is 549 g/mol. The van der Waals surface area contributed by atoms with Gasteiger partial charge in [0.1, 0.15) is 0 Å². The van der Waals surface area contributed by atoms with E-state index in [1.807, 2.05) is 34.1 Å². The fraction of sp³-hybridized carbons (Fsp3) is 0.533. The Labute approximate surface area is 234 Å². The summed E-state index contributed by atoms with van der Waals surface area (Å²) in [5.41, 5.74) is 2.37. The molecule has 2 aromatic carbocycles. The van der Waals surface area contributed by atoms with E-state index in [9.17, 15) is 9.59 Å². The third kappa shape index (κ3) is 5.06. The number of carbonyl (C=O) groups is 2. The van der Waals surface area contributed by atoms with Crippen LogP contribution in [-0.4, -0.2) is 97.4 Å². The minimum atomic E-state index is -0.167. The first-order chi connectivity index (χ1) is 19.6. The van der Waals surface area contributed by atoms with Crippen molar-refractivity contribution in [3.8, 4) is 23.0 Å². The Balaban J connectivity index is 0.866. The minimum Gasteiger partial charge on any atom is -0.454 e. The summed E-state index contributed by atoms with van der Waals surface area (Å²) in [6.45, 7) is 8.36. The quantitative estimate of drug-likeness (QED) is 0.543. The zero-order valence-electron chi connectivity index (χ0n) is 22.8. The van der Waals surface area contributed by atoms with E-state index in [1.165, 1.54) is 11.1 Å². The van der Waals surface area contributed by atoms with Crippen molar-refractivity contribution in [2.24, 2.45) is 11.8 Å². The number of carbonyl (C=O) groups excluding carboxylic acids is 2. The van der Waals surface area contributed by atoms with E-state index >= 15 is 0 Å². The van der Waals surface area contributed by atoms with Gasteiger partial charge >= 0.3 is 0 Å². The van der Waals surface area contributed by atoms with E-state index in [0.717, 1.165) is 75.1 Å². The highest BCUT2D eigenvalue weighted by atomic mass is 16.7. The molecule has 2 amide bonds. The first kappa shape index (κ1) is 25.5. The molecule has 2 saturated heterocycles. The normalized spacial score (nSPS) is 24.2. The molecule has 10 heteroatoms. The molecule has 0 spiro atoms. The molecule has 40 heavy (non-hydrogen) atoms. The summed E-state index contributed by atoms with van der Waals surface area (Å²) >= 11 is 0. The molecule has 0 bridgehead atoms. The highest BCUT2D eigenvalue weighted by Crippen LogP contribution is 2.38. The van der Waals surface area contributed by atoms with Gasteiger partial charge in [0.05, 0.1) is 0 Å². The van der Waals surface area contributed by atoms with Crippen molar-refractivity contribution in [2.75, 3.05) is 65.9 Å². The Kier molecular flexibility index (Phi) is 6.89. The lowest BCUT2D eigenvalue weighted by molar-refractivity contribution is -0.154. The maximum atomic E-state index is 13.4. The van der Waals surface area contributed by atoms with E-state index in [2.05, 4.69) is 21.9 Å². The number of hydrogen-bond donors (Lipinski definition) is 0. The average Bonchev–Trinajstić information content (AvgIpc) is 3.62. The number of hydrogen-bond acceptors (Lipinski definition) is 8. The molecular formula is C30H36N4O6. The summed E-state index contributed by atoms with van der Waals surface area (Å²) in [4.78, 5) is 35.5. The Bertz CT molecular complexity index is 1170. The lowest BCUT2D eigenvalue weighted by atomic mass is 9.71. The molecule has 3 fully saturated rings. The molecule has 7 rings (SSSR count). The molecule has 0 N–H and O–H groups in total. The number of fused-ring (bicyclic) bond motifs is 2. The summed E-state index contributed by atoms with van der Waals surface area (Å²) in [6.07, 6.45) is 1.63. The number of nitrogens with zero attached hydrogens (tertiary/aromatic N) is 4. The van der Waals surface area contributed by atoms with Gasteiger partial charge in [0.15, 0.2) is 23.0 Å². The molecule has 212 valence electrons. The van der Waals surface area contributed by atoms with Crippen molar-refractivity contribution in [3.63, 3.8) is 0 Å². The second-order valence-corrected chi connectivity index (χ2v) is 11.4. The first-order valence-corrected chi connectivity index (χ1v) is 14.4. The van der Waals surface area contributed by atoms with Crippen LogP contribution in [0.4, 0.5) is 0 Å². The molecule has 4 aliphatic heterocycles. The fourth-order valence-corrected chi connectivity index (χ4v) is 6.41. The van der Waals surface area contributed by atoms with Gasteiger partial charge < -0.3 is 28.7 Å². The van der Waals surface area contributed by atoms with Crippen molar-refractivity contribution in [3.05, 3.63) is 47.5 Å². The Morgan fingerprint density at radius 1 is 0.575 bits per heavy atom. The zero-order valence-corrected chi connectivity index (χ0v) is 22.8. The summed E-state index contributed by atoms with van der Waals surface area (Å²) in [5, 5.41) is 0. The van der Waals surface area contributed by atoms with Gasteiger partial charge in [-0.2, -0.15) is 0 Å². The molecular weight excluding hydrogens is 512 g/mol. The van der Waals surface area contributed by atoms with Crippen molar-refractivity contribution < 1.29 is 28.5 Å². The maximum absolute atomic E-state index is 13.4. The largest absolute Gasteiger partial charge is 0.454 e. The lowest BCUT2D eigenvalue weighted by Gasteiger charge is -2.44. The van der Waals surface area contributed by atoms with Gasteiger partial charge in [-0.15, -0.1) is 0 Å². The van der Waals surface area contributed by atoms with Gasteiger partial charge in [-0.1, -0.05) is 12.1 Å². The van der Waals surface area contributed by atoms with Crippen LogP contribution in [0.25, 0.3) is 0 Å². The summed E-state index contributed by atoms with van der Waals surface area (Å²) in [7, 11) is 0. The molecule has 0 radical (unpaired) electrons. The molecule has 0 aromatic heterocycles. The van der Waals surface area contributed by atoms with Crippen LogP contribution in [0.1, 0.15) is 24.0 Å². The van der Waals surface area contributed by atoms with E-state index in [0.29, 0.717) is 26.2 Å². The van der Waals surface area contributed by atoms with Crippen LogP contribution in [0.15, 0.2) is 36.4 Å². The predicted molar refractivity (Wildman–Crippen MR) is 145 cm³/mol. The summed E-state index contributed by atoms with van der Waals surface area (Å²) in [5.74, 6) is 3.19. The van der Waals surface area contributed by atoms with Gasteiger partial charge in [-0.25, -0.2) is 0 Å². The van der Waals surface area contributed by atoms with Gasteiger partial charge in [0, 0.05) is 77.3 Å². The Morgan fingerprint density at radius 2 is 0.975 bits per heavy atom. The molecule has 5 aliphatic rings.